The highest BCUT2D eigenvalue weighted by Crippen LogP contribution is 2.10. The summed E-state index contributed by atoms with van der Waals surface area (Å²) in [7, 11) is 3.18. The molecule has 2 amide bonds. The van der Waals surface area contributed by atoms with E-state index >= 15 is 0 Å². The molecule has 0 radical (unpaired) electrons. The molecule has 0 saturated heterocycles. The first-order valence-electron chi connectivity index (χ1n) is 5.17. The summed E-state index contributed by atoms with van der Waals surface area (Å²) in [4.78, 5) is 12.6. The molecule has 0 bridgehead atoms. The summed E-state index contributed by atoms with van der Waals surface area (Å²) in [5, 5.41) is 13.8. The second-order valence-corrected chi connectivity index (χ2v) is 3.84. The van der Waals surface area contributed by atoms with Crippen LogP contribution in [0.15, 0.2) is 23.4 Å². The number of nitrogens with one attached hydrogen (secondary N) is 1. The van der Waals surface area contributed by atoms with Crippen LogP contribution in [0.4, 0.5) is 9.18 Å². The van der Waals surface area contributed by atoms with Crippen LogP contribution >= 0.6 is 0 Å². The zero-order chi connectivity index (χ0) is 13.7. The van der Waals surface area contributed by atoms with E-state index in [1.807, 2.05) is 0 Å². The van der Waals surface area contributed by atoms with Crippen LogP contribution in [0, 0.1) is 5.82 Å². The van der Waals surface area contributed by atoms with Crippen molar-refractivity contribution in [2.24, 2.45) is 10.9 Å². The van der Waals surface area contributed by atoms with E-state index in [0.717, 1.165) is 6.07 Å². The third-order valence-corrected chi connectivity index (χ3v) is 2.29. The van der Waals surface area contributed by atoms with E-state index < -0.39 is 5.82 Å². The number of rotatable bonds is 3. The molecule has 0 unspecified atom stereocenters. The maximum Gasteiger partial charge on any atom is 0.317 e. The molecule has 0 heterocycles. The van der Waals surface area contributed by atoms with Gasteiger partial charge in [0.1, 0.15) is 5.82 Å². The second kappa shape index (κ2) is 5.85. The number of hydrogen-bond donors (Lipinski definition) is 3. The first kappa shape index (κ1) is 13.8. The number of oxime groups is 1. The quantitative estimate of drug-likeness (QED) is 0.321. The van der Waals surface area contributed by atoms with Gasteiger partial charge in [-0.3, -0.25) is 0 Å². The van der Waals surface area contributed by atoms with Crippen molar-refractivity contribution in [2.45, 2.75) is 6.54 Å². The van der Waals surface area contributed by atoms with Crippen molar-refractivity contribution >= 4 is 11.9 Å². The van der Waals surface area contributed by atoms with Gasteiger partial charge in [0.2, 0.25) is 0 Å². The molecule has 0 saturated carbocycles. The van der Waals surface area contributed by atoms with Crippen LogP contribution in [0.25, 0.3) is 0 Å². The third-order valence-electron chi connectivity index (χ3n) is 2.29. The van der Waals surface area contributed by atoms with Gasteiger partial charge in [0.25, 0.3) is 0 Å². The van der Waals surface area contributed by atoms with E-state index in [4.69, 9.17) is 10.9 Å². The van der Waals surface area contributed by atoms with Gasteiger partial charge in [-0.15, -0.1) is 0 Å². The lowest BCUT2D eigenvalue weighted by Gasteiger charge is -2.12. The molecule has 1 rings (SSSR count). The number of carbonyl (C=O) groups is 1. The zero-order valence-electron chi connectivity index (χ0n) is 10.1. The predicted molar refractivity (Wildman–Crippen MR) is 64.8 cm³/mol. The Morgan fingerprint density at radius 3 is 2.72 bits per heavy atom. The van der Waals surface area contributed by atoms with Crippen molar-refractivity contribution < 1.29 is 14.4 Å². The van der Waals surface area contributed by atoms with Crippen LogP contribution in [0.2, 0.25) is 0 Å². The van der Waals surface area contributed by atoms with Gasteiger partial charge < -0.3 is 21.2 Å². The van der Waals surface area contributed by atoms with E-state index in [9.17, 15) is 9.18 Å². The Kier molecular flexibility index (Phi) is 4.47. The number of benzene rings is 1. The number of amidine groups is 1. The number of nitrogens with zero attached hydrogens (tertiary/aromatic N) is 2. The molecular weight excluding hydrogens is 239 g/mol. The van der Waals surface area contributed by atoms with E-state index in [2.05, 4.69) is 10.5 Å². The Morgan fingerprint density at radius 2 is 2.22 bits per heavy atom. The predicted octanol–water partition coefficient (Wildman–Crippen LogP) is 0.691. The fourth-order valence-electron chi connectivity index (χ4n) is 1.24. The summed E-state index contributed by atoms with van der Waals surface area (Å²) in [6, 6.07) is 3.81. The van der Waals surface area contributed by atoms with Crippen LogP contribution in [0.3, 0.4) is 0 Å². The summed E-state index contributed by atoms with van der Waals surface area (Å²) in [6.45, 7) is 0.0687. The van der Waals surface area contributed by atoms with Gasteiger partial charge in [0, 0.05) is 31.8 Å². The molecule has 1 aromatic rings. The van der Waals surface area contributed by atoms with E-state index in [-0.39, 0.29) is 24.0 Å². The average Bonchev–Trinajstić information content (AvgIpc) is 2.35. The molecule has 98 valence electrons. The lowest BCUT2D eigenvalue weighted by atomic mass is 10.1. The zero-order valence-corrected chi connectivity index (χ0v) is 10.1. The van der Waals surface area contributed by atoms with Crippen LogP contribution in [-0.4, -0.2) is 36.1 Å². The smallest absolute Gasteiger partial charge is 0.317 e. The van der Waals surface area contributed by atoms with Crippen LogP contribution in [0.1, 0.15) is 11.1 Å². The van der Waals surface area contributed by atoms with Crippen molar-refractivity contribution in [3.05, 3.63) is 35.1 Å². The van der Waals surface area contributed by atoms with Crippen LogP contribution < -0.4 is 11.1 Å². The molecule has 0 fully saturated rings. The highest BCUT2D eigenvalue weighted by atomic mass is 19.1. The molecule has 4 N–H and O–H groups in total. The highest BCUT2D eigenvalue weighted by molar-refractivity contribution is 5.97. The monoisotopic (exact) mass is 254 g/mol. The SMILES string of the molecule is CN(C)C(=O)NCc1ccc(C(N)=NO)cc1F. The van der Waals surface area contributed by atoms with E-state index in [1.54, 1.807) is 14.1 Å². The Balaban J connectivity index is 2.78. The number of carbonyl (C=O) groups excluding carboxylic acids is 1. The van der Waals surface area contributed by atoms with Crippen molar-refractivity contribution in [3.63, 3.8) is 0 Å². The third kappa shape index (κ3) is 3.34. The molecule has 0 aliphatic heterocycles. The molecule has 0 aliphatic rings. The first-order chi connectivity index (χ1) is 8.45. The van der Waals surface area contributed by atoms with Crippen molar-refractivity contribution in [3.8, 4) is 0 Å². The van der Waals surface area contributed by atoms with Gasteiger partial charge in [-0.1, -0.05) is 17.3 Å². The molecule has 0 aliphatic carbocycles. The molecule has 6 nitrogen and oxygen atoms in total. The standard InChI is InChI=1S/C11H15FN4O2/c1-16(2)11(17)14-6-8-4-3-7(5-9(8)12)10(13)15-18/h3-5,18H,6H2,1-2H3,(H2,13,15)(H,14,17). The molecule has 0 atom stereocenters. The lowest BCUT2D eigenvalue weighted by molar-refractivity contribution is 0.217. The van der Waals surface area contributed by atoms with Gasteiger partial charge in [-0.25, -0.2) is 9.18 Å². The minimum atomic E-state index is -0.529. The second-order valence-electron chi connectivity index (χ2n) is 3.84. The first-order valence-corrected chi connectivity index (χ1v) is 5.17. The molecule has 7 heteroatoms. The summed E-state index contributed by atoms with van der Waals surface area (Å²) < 4.78 is 13.6. The summed E-state index contributed by atoms with van der Waals surface area (Å²) >= 11 is 0. The fraction of sp³-hybridized carbons (Fsp3) is 0.273. The fourth-order valence-corrected chi connectivity index (χ4v) is 1.24. The largest absolute Gasteiger partial charge is 0.409 e. The Labute approximate surface area is 104 Å². The van der Waals surface area contributed by atoms with E-state index in [1.165, 1.54) is 17.0 Å². The summed E-state index contributed by atoms with van der Waals surface area (Å²) in [5.41, 5.74) is 5.93. The number of nitrogens with two attached hydrogens (primary N) is 1. The molecular formula is C11H15FN4O2. The normalized spacial score (nSPS) is 11.2. The molecule has 1 aromatic carbocycles. The molecule has 0 aromatic heterocycles. The Morgan fingerprint density at radius 1 is 1.56 bits per heavy atom. The Hall–Kier alpha value is -2.31. The highest BCUT2D eigenvalue weighted by Gasteiger charge is 2.08. The van der Waals surface area contributed by atoms with Crippen molar-refractivity contribution in [2.75, 3.05) is 14.1 Å². The van der Waals surface area contributed by atoms with Crippen molar-refractivity contribution in [1.29, 1.82) is 0 Å². The van der Waals surface area contributed by atoms with Crippen molar-refractivity contribution in [1.82, 2.24) is 10.2 Å². The number of urea groups is 1. The van der Waals surface area contributed by atoms with Crippen LogP contribution in [0.5, 0.6) is 0 Å². The lowest BCUT2D eigenvalue weighted by Crippen LogP contribution is -2.34. The van der Waals surface area contributed by atoms with Gasteiger partial charge in [-0.05, 0) is 6.07 Å². The maximum atomic E-state index is 13.6. The summed E-state index contributed by atoms with van der Waals surface area (Å²) in [5.74, 6) is -0.698. The minimum Gasteiger partial charge on any atom is -0.409 e. The van der Waals surface area contributed by atoms with Crippen LogP contribution in [-0.2, 0) is 6.54 Å². The van der Waals surface area contributed by atoms with Gasteiger partial charge in [0.05, 0.1) is 0 Å². The van der Waals surface area contributed by atoms with Gasteiger partial charge >= 0.3 is 6.03 Å². The number of halogens is 1. The topological polar surface area (TPSA) is 91.0 Å². The average molecular weight is 254 g/mol. The maximum absolute atomic E-state index is 13.6. The van der Waals surface area contributed by atoms with Gasteiger partial charge in [0.15, 0.2) is 5.84 Å². The Bertz CT molecular complexity index is 474. The van der Waals surface area contributed by atoms with Gasteiger partial charge in [-0.2, -0.15) is 0 Å². The number of amides is 2. The molecule has 0 spiro atoms. The number of hydrogen-bond acceptors (Lipinski definition) is 3. The minimum absolute atomic E-state index is 0.0687. The summed E-state index contributed by atoms with van der Waals surface area (Å²) in [6.07, 6.45) is 0. The van der Waals surface area contributed by atoms with E-state index in [0.29, 0.717) is 5.56 Å². The molecule has 18 heavy (non-hydrogen) atoms.